The van der Waals surface area contributed by atoms with Gasteiger partial charge in [-0.05, 0) is 37.1 Å². The first kappa shape index (κ1) is 28.4. The molecule has 35 heavy (non-hydrogen) atoms. The van der Waals surface area contributed by atoms with E-state index in [1.807, 2.05) is 13.8 Å². The molecular formula is C24H31ClFN3O5S. The Labute approximate surface area is 211 Å². The summed E-state index contributed by atoms with van der Waals surface area (Å²) in [6.45, 7) is 4.93. The number of hydrogen-bond acceptors (Lipinski definition) is 5. The minimum absolute atomic E-state index is 0.148. The number of carbonyl (C=O) groups excluding carboxylic acids is 2. The van der Waals surface area contributed by atoms with Gasteiger partial charge in [0.25, 0.3) is 0 Å². The van der Waals surface area contributed by atoms with Crippen molar-refractivity contribution >= 4 is 39.1 Å². The molecule has 0 aliphatic rings. The summed E-state index contributed by atoms with van der Waals surface area (Å²) in [4.78, 5) is 27.4. The molecule has 2 rings (SSSR count). The second kappa shape index (κ2) is 12.2. The van der Waals surface area contributed by atoms with Crippen LogP contribution in [0, 0.1) is 11.7 Å². The number of halogens is 2. The van der Waals surface area contributed by atoms with Crippen LogP contribution in [-0.2, 0) is 26.2 Å². The third kappa shape index (κ3) is 7.83. The molecule has 1 atom stereocenters. The Morgan fingerprint density at radius 1 is 1.14 bits per heavy atom. The van der Waals surface area contributed by atoms with Gasteiger partial charge in [0.05, 0.1) is 24.1 Å². The Morgan fingerprint density at radius 2 is 1.80 bits per heavy atom. The number of rotatable bonds is 11. The minimum Gasteiger partial charge on any atom is -0.495 e. The number of methoxy groups -OCH3 is 1. The van der Waals surface area contributed by atoms with E-state index in [1.54, 1.807) is 6.07 Å². The van der Waals surface area contributed by atoms with Gasteiger partial charge in [-0.25, -0.2) is 12.8 Å². The maximum Gasteiger partial charge on any atom is 0.244 e. The van der Waals surface area contributed by atoms with Crippen LogP contribution < -0.4 is 14.4 Å². The van der Waals surface area contributed by atoms with Crippen molar-refractivity contribution in [3.63, 3.8) is 0 Å². The first-order valence-electron chi connectivity index (χ1n) is 11.0. The predicted octanol–water partition coefficient (Wildman–Crippen LogP) is 3.44. The zero-order valence-electron chi connectivity index (χ0n) is 20.4. The summed E-state index contributed by atoms with van der Waals surface area (Å²) in [6.07, 6.45) is 0.957. The van der Waals surface area contributed by atoms with E-state index >= 15 is 0 Å². The topological polar surface area (TPSA) is 96.0 Å². The van der Waals surface area contributed by atoms with Gasteiger partial charge in [0.2, 0.25) is 21.8 Å². The van der Waals surface area contributed by atoms with E-state index in [2.05, 4.69) is 5.32 Å². The van der Waals surface area contributed by atoms with Crippen LogP contribution in [0.4, 0.5) is 10.1 Å². The number of carbonyl (C=O) groups is 2. The molecule has 1 N–H and O–H groups in total. The molecule has 2 amide bonds. The lowest BCUT2D eigenvalue weighted by Gasteiger charge is -2.31. The van der Waals surface area contributed by atoms with E-state index in [-0.39, 0.29) is 28.7 Å². The molecule has 8 nitrogen and oxygen atoms in total. The van der Waals surface area contributed by atoms with Crippen molar-refractivity contribution in [2.75, 3.05) is 30.8 Å². The zero-order chi connectivity index (χ0) is 26.3. The molecule has 0 bridgehead atoms. The highest BCUT2D eigenvalue weighted by Gasteiger charge is 2.30. The van der Waals surface area contributed by atoms with Crippen LogP contribution in [-0.4, -0.2) is 57.6 Å². The summed E-state index contributed by atoms with van der Waals surface area (Å²) in [5.74, 6) is -1.13. The van der Waals surface area contributed by atoms with Gasteiger partial charge in [-0.2, -0.15) is 0 Å². The molecule has 0 aliphatic heterocycles. The van der Waals surface area contributed by atoms with Gasteiger partial charge in [-0.3, -0.25) is 13.9 Å². The van der Waals surface area contributed by atoms with E-state index in [4.69, 9.17) is 16.3 Å². The highest BCUT2D eigenvalue weighted by atomic mass is 35.5. The molecule has 0 spiro atoms. The van der Waals surface area contributed by atoms with Crippen molar-refractivity contribution in [3.8, 4) is 5.75 Å². The summed E-state index contributed by atoms with van der Waals surface area (Å²) >= 11 is 6.16. The van der Waals surface area contributed by atoms with Gasteiger partial charge >= 0.3 is 0 Å². The fourth-order valence-electron chi connectivity index (χ4n) is 3.27. The van der Waals surface area contributed by atoms with Crippen LogP contribution in [0.5, 0.6) is 5.75 Å². The summed E-state index contributed by atoms with van der Waals surface area (Å²) in [6, 6.07) is 9.22. The lowest BCUT2D eigenvalue weighted by molar-refractivity contribution is -0.139. The quantitative estimate of drug-likeness (QED) is 0.483. The molecule has 0 radical (unpaired) electrons. The molecule has 0 saturated carbocycles. The number of benzene rings is 2. The van der Waals surface area contributed by atoms with Gasteiger partial charge in [-0.15, -0.1) is 0 Å². The van der Waals surface area contributed by atoms with Crippen LogP contribution in [0.15, 0.2) is 42.5 Å². The molecule has 0 saturated heterocycles. The Kier molecular flexibility index (Phi) is 9.91. The van der Waals surface area contributed by atoms with Crippen LogP contribution in [0.2, 0.25) is 5.02 Å². The normalized spacial score (nSPS) is 12.2. The third-order valence-corrected chi connectivity index (χ3v) is 6.69. The molecule has 2 aromatic carbocycles. The van der Waals surface area contributed by atoms with Crippen molar-refractivity contribution in [3.05, 3.63) is 58.9 Å². The summed E-state index contributed by atoms with van der Waals surface area (Å²) < 4.78 is 45.6. The largest absolute Gasteiger partial charge is 0.495 e. The number of hydrogen-bond donors (Lipinski definition) is 1. The highest BCUT2D eigenvalue weighted by Crippen LogP contribution is 2.30. The fraction of sp³-hybridized carbons (Fsp3) is 0.417. The average Bonchev–Trinajstić information content (AvgIpc) is 2.79. The maximum absolute atomic E-state index is 14.4. The molecule has 2 aromatic rings. The monoisotopic (exact) mass is 527 g/mol. The lowest BCUT2D eigenvalue weighted by Crippen LogP contribution is -2.51. The predicted molar refractivity (Wildman–Crippen MR) is 134 cm³/mol. The molecule has 0 fully saturated rings. The van der Waals surface area contributed by atoms with Crippen LogP contribution in [0.25, 0.3) is 0 Å². The summed E-state index contributed by atoms with van der Waals surface area (Å²) in [5, 5.41) is 2.93. The van der Waals surface area contributed by atoms with Crippen molar-refractivity contribution in [2.45, 2.75) is 33.4 Å². The minimum atomic E-state index is -3.92. The number of amides is 2. The second-order valence-corrected chi connectivity index (χ2v) is 10.8. The maximum atomic E-state index is 14.4. The SMILES string of the molecule is COc1ccc(N(CC(=O)N(Cc2ccccc2F)[C@@H](C)C(=O)NCC(C)C)S(C)(=O)=O)cc1Cl. The first-order chi connectivity index (χ1) is 16.3. The van der Waals surface area contributed by atoms with Crippen molar-refractivity contribution in [2.24, 2.45) is 5.92 Å². The molecule has 0 aromatic heterocycles. The van der Waals surface area contributed by atoms with E-state index in [0.29, 0.717) is 12.3 Å². The second-order valence-electron chi connectivity index (χ2n) is 8.52. The Balaban J connectivity index is 2.41. The van der Waals surface area contributed by atoms with E-state index < -0.39 is 40.2 Å². The van der Waals surface area contributed by atoms with Gasteiger partial charge in [0.15, 0.2) is 0 Å². The molecule has 0 aliphatic carbocycles. The van der Waals surface area contributed by atoms with Crippen LogP contribution >= 0.6 is 11.6 Å². The van der Waals surface area contributed by atoms with Crippen molar-refractivity contribution in [1.29, 1.82) is 0 Å². The van der Waals surface area contributed by atoms with Crippen LogP contribution in [0.1, 0.15) is 26.3 Å². The van der Waals surface area contributed by atoms with Gasteiger partial charge in [-0.1, -0.05) is 43.6 Å². The van der Waals surface area contributed by atoms with E-state index in [9.17, 15) is 22.4 Å². The Bertz CT molecular complexity index is 1160. The molecule has 11 heteroatoms. The third-order valence-electron chi connectivity index (χ3n) is 5.25. The van der Waals surface area contributed by atoms with Crippen molar-refractivity contribution in [1.82, 2.24) is 10.2 Å². The Hall–Kier alpha value is -2.85. The Morgan fingerprint density at radius 3 is 2.34 bits per heavy atom. The van der Waals surface area contributed by atoms with Crippen molar-refractivity contribution < 1.29 is 27.1 Å². The molecule has 0 heterocycles. The summed E-state index contributed by atoms with van der Waals surface area (Å²) in [7, 11) is -2.50. The van der Waals surface area contributed by atoms with Gasteiger partial charge in [0.1, 0.15) is 24.2 Å². The molecular weight excluding hydrogens is 497 g/mol. The molecule has 0 unspecified atom stereocenters. The fourth-order valence-corrected chi connectivity index (χ4v) is 4.36. The smallest absolute Gasteiger partial charge is 0.244 e. The lowest BCUT2D eigenvalue weighted by atomic mass is 10.1. The molecule has 192 valence electrons. The number of nitrogens with one attached hydrogen (secondary N) is 1. The van der Waals surface area contributed by atoms with Gasteiger partial charge in [0, 0.05) is 18.7 Å². The zero-order valence-corrected chi connectivity index (χ0v) is 22.0. The number of sulfonamides is 1. The van der Waals surface area contributed by atoms with E-state index in [1.165, 1.54) is 50.4 Å². The van der Waals surface area contributed by atoms with Crippen LogP contribution in [0.3, 0.4) is 0 Å². The number of anilines is 1. The van der Waals surface area contributed by atoms with E-state index in [0.717, 1.165) is 15.5 Å². The standard InChI is InChI=1S/C24H31ClFN3O5S/c1-16(2)13-27-24(31)17(3)28(14-18-8-6-7-9-21(18)26)23(30)15-29(35(5,32)33)19-10-11-22(34-4)20(25)12-19/h6-12,16-17H,13-15H2,1-5H3,(H,27,31)/t17-/m0/s1. The first-order valence-corrected chi connectivity index (χ1v) is 13.2. The highest BCUT2D eigenvalue weighted by molar-refractivity contribution is 7.92. The summed E-state index contributed by atoms with van der Waals surface area (Å²) in [5.41, 5.74) is 0.345. The number of nitrogens with zero attached hydrogens (tertiary/aromatic N) is 2. The number of ether oxygens (including phenoxy) is 1. The van der Waals surface area contributed by atoms with Gasteiger partial charge < -0.3 is 15.0 Å². The average molecular weight is 528 g/mol.